The molecule has 1 aliphatic carbocycles. The maximum absolute atomic E-state index is 5.51. The van der Waals surface area contributed by atoms with E-state index in [-0.39, 0.29) is 0 Å². The van der Waals surface area contributed by atoms with Crippen LogP contribution in [-0.4, -0.2) is 19.1 Å². The molecule has 0 amide bonds. The number of guanidine groups is 1. The lowest BCUT2D eigenvalue weighted by atomic mass is 10.3. The number of aliphatic imine (C=N–C) groups is 1. The molecule has 0 spiro atoms. The number of benzene rings is 1. The van der Waals surface area contributed by atoms with Gasteiger partial charge in [-0.05, 0) is 25.0 Å². The van der Waals surface area contributed by atoms with Crippen LogP contribution in [0.25, 0.3) is 0 Å². The van der Waals surface area contributed by atoms with E-state index in [0.717, 1.165) is 24.3 Å². The maximum atomic E-state index is 5.51. The molecule has 0 heterocycles. The lowest BCUT2D eigenvalue weighted by Crippen LogP contribution is -2.37. The molecule has 0 aliphatic heterocycles. The Morgan fingerprint density at radius 3 is 2.72 bits per heavy atom. The highest BCUT2D eigenvalue weighted by Gasteiger charge is 2.15. The second-order valence-electron chi connectivity index (χ2n) is 4.39. The molecule has 1 saturated carbocycles. The molecule has 18 heavy (non-hydrogen) atoms. The molecule has 4 N–H and O–H groups in total. The van der Waals surface area contributed by atoms with Gasteiger partial charge in [-0.3, -0.25) is 5.43 Å². The van der Waals surface area contributed by atoms with E-state index in [9.17, 15) is 0 Å². The van der Waals surface area contributed by atoms with Gasteiger partial charge in [0.1, 0.15) is 5.75 Å². The van der Waals surface area contributed by atoms with Crippen LogP contribution in [-0.2, 0) is 0 Å². The zero-order valence-corrected chi connectivity index (χ0v) is 10.6. The summed E-state index contributed by atoms with van der Waals surface area (Å²) in [5.41, 5.74) is 3.47. The highest BCUT2D eigenvalue weighted by Crippen LogP contribution is 2.24. The quantitative estimate of drug-likeness (QED) is 0.330. The van der Waals surface area contributed by atoms with Crippen molar-refractivity contribution in [2.75, 3.05) is 12.4 Å². The molecular weight excluding hydrogens is 228 g/mol. The molecule has 1 aliphatic rings. The normalized spacial score (nSPS) is 16.7. The van der Waals surface area contributed by atoms with Gasteiger partial charge in [-0.25, -0.2) is 10.8 Å². The van der Waals surface area contributed by atoms with Crippen LogP contribution in [0.2, 0.25) is 0 Å². The average Bonchev–Trinajstić information content (AvgIpc) is 2.91. The third-order valence-corrected chi connectivity index (χ3v) is 3.13. The van der Waals surface area contributed by atoms with Crippen LogP contribution in [0.5, 0.6) is 5.75 Å². The number of nitrogens with zero attached hydrogens (tertiary/aromatic N) is 1. The molecule has 1 fully saturated rings. The van der Waals surface area contributed by atoms with Gasteiger partial charge in [0.2, 0.25) is 5.96 Å². The summed E-state index contributed by atoms with van der Waals surface area (Å²) in [4.78, 5) is 4.58. The Bertz CT molecular complexity index is 413. The van der Waals surface area contributed by atoms with Crippen molar-refractivity contribution < 1.29 is 4.74 Å². The average molecular weight is 248 g/mol. The van der Waals surface area contributed by atoms with E-state index in [0.29, 0.717) is 12.0 Å². The minimum atomic E-state index is 0.373. The molecule has 2 rings (SSSR count). The number of anilines is 1. The van der Waals surface area contributed by atoms with Crippen LogP contribution < -0.4 is 21.3 Å². The smallest absolute Gasteiger partial charge is 0.210 e. The van der Waals surface area contributed by atoms with Gasteiger partial charge >= 0.3 is 0 Å². The molecule has 98 valence electrons. The summed E-state index contributed by atoms with van der Waals surface area (Å²) in [6.45, 7) is 0. The second-order valence-corrected chi connectivity index (χ2v) is 4.39. The summed E-state index contributed by atoms with van der Waals surface area (Å²) >= 11 is 0. The van der Waals surface area contributed by atoms with Crippen molar-refractivity contribution in [3.63, 3.8) is 0 Å². The standard InChI is InChI=1S/C13H20N4O/c1-18-12-9-5-4-8-11(12)16-13(17-14)15-10-6-2-3-7-10/h4-5,8-10H,2-3,6-7,14H2,1H3,(H2,15,16,17). The number of ether oxygens (including phenoxy) is 1. The van der Waals surface area contributed by atoms with E-state index < -0.39 is 0 Å². The van der Waals surface area contributed by atoms with Gasteiger partial charge in [-0.2, -0.15) is 0 Å². The largest absolute Gasteiger partial charge is 0.495 e. The van der Waals surface area contributed by atoms with Crippen molar-refractivity contribution >= 4 is 11.6 Å². The van der Waals surface area contributed by atoms with E-state index >= 15 is 0 Å². The van der Waals surface area contributed by atoms with E-state index in [1.165, 1.54) is 12.8 Å². The lowest BCUT2D eigenvalue weighted by Gasteiger charge is -2.14. The molecule has 5 nitrogen and oxygen atoms in total. The lowest BCUT2D eigenvalue weighted by molar-refractivity contribution is 0.417. The number of rotatable bonds is 3. The predicted molar refractivity (Wildman–Crippen MR) is 73.6 cm³/mol. The zero-order valence-electron chi connectivity index (χ0n) is 10.6. The summed E-state index contributed by atoms with van der Waals surface area (Å²) in [6.07, 6.45) is 4.78. The van der Waals surface area contributed by atoms with Crippen LogP contribution in [0.15, 0.2) is 29.3 Å². The van der Waals surface area contributed by atoms with Gasteiger partial charge in [-0.15, -0.1) is 0 Å². The monoisotopic (exact) mass is 248 g/mol. The zero-order chi connectivity index (χ0) is 12.8. The van der Waals surface area contributed by atoms with Crippen molar-refractivity contribution in [3.8, 4) is 5.75 Å². The Labute approximate surface area is 107 Å². The molecule has 0 atom stereocenters. The third-order valence-electron chi connectivity index (χ3n) is 3.13. The topological polar surface area (TPSA) is 71.7 Å². The number of hydrogen-bond acceptors (Lipinski definition) is 3. The molecule has 5 heteroatoms. The molecular formula is C13H20N4O. The summed E-state index contributed by atoms with van der Waals surface area (Å²) < 4.78 is 5.27. The summed E-state index contributed by atoms with van der Waals surface area (Å²) in [6, 6.07) is 8.06. The Morgan fingerprint density at radius 2 is 2.06 bits per heavy atom. The fourth-order valence-corrected chi connectivity index (χ4v) is 2.20. The Balaban J connectivity index is 2.09. The van der Waals surface area contributed by atoms with Gasteiger partial charge in [0.15, 0.2) is 0 Å². The summed E-state index contributed by atoms with van der Waals surface area (Å²) in [5.74, 6) is 6.87. The molecule has 0 aromatic heterocycles. The van der Waals surface area contributed by atoms with Crippen LogP contribution in [0.4, 0.5) is 5.69 Å². The van der Waals surface area contributed by atoms with Gasteiger partial charge in [0.25, 0.3) is 0 Å². The minimum absolute atomic E-state index is 0.373. The highest BCUT2D eigenvalue weighted by atomic mass is 16.5. The number of hydrogen-bond donors (Lipinski definition) is 3. The second kappa shape index (κ2) is 6.26. The Hall–Kier alpha value is -1.75. The first kappa shape index (κ1) is 12.7. The number of methoxy groups -OCH3 is 1. The molecule has 1 aromatic rings. The Morgan fingerprint density at radius 1 is 1.33 bits per heavy atom. The van der Waals surface area contributed by atoms with Gasteiger partial charge in [-0.1, -0.05) is 25.0 Å². The van der Waals surface area contributed by atoms with Crippen molar-refractivity contribution in [1.82, 2.24) is 5.43 Å². The van der Waals surface area contributed by atoms with Crippen LogP contribution in [0.1, 0.15) is 25.7 Å². The fourth-order valence-electron chi connectivity index (χ4n) is 2.20. The summed E-state index contributed by atoms with van der Waals surface area (Å²) in [7, 11) is 1.64. The first-order chi connectivity index (χ1) is 8.83. The Kier molecular flexibility index (Phi) is 4.41. The predicted octanol–water partition coefficient (Wildman–Crippen LogP) is 1.87. The van der Waals surface area contributed by atoms with Gasteiger partial charge in [0, 0.05) is 0 Å². The van der Waals surface area contributed by atoms with Crippen LogP contribution in [0, 0.1) is 0 Å². The van der Waals surface area contributed by atoms with Crippen molar-refractivity contribution in [1.29, 1.82) is 0 Å². The fraction of sp³-hybridized carbons (Fsp3) is 0.462. The number of hydrazine groups is 1. The summed E-state index contributed by atoms with van der Waals surface area (Å²) in [5, 5.41) is 3.16. The van der Waals surface area contributed by atoms with Crippen LogP contribution >= 0.6 is 0 Å². The SMILES string of the molecule is COc1ccccc1NC(=NC1CCCC1)NN. The molecule has 1 aromatic carbocycles. The highest BCUT2D eigenvalue weighted by molar-refractivity contribution is 5.94. The van der Waals surface area contributed by atoms with E-state index in [2.05, 4.69) is 15.7 Å². The van der Waals surface area contributed by atoms with Crippen molar-refractivity contribution in [3.05, 3.63) is 24.3 Å². The first-order valence-corrected chi connectivity index (χ1v) is 6.28. The molecule has 0 radical (unpaired) electrons. The minimum Gasteiger partial charge on any atom is -0.495 e. The van der Waals surface area contributed by atoms with Gasteiger partial charge in [0.05, 0.1) is 18.8 Å². The number of nitrogens with two attached hydrogens (primary N) is 1. The number of nitrogens with one attached hydrogen (secondary N) is 2. The van der Waals surface area contributed by atoms with Crippen molar-refractivity contribution in [2.24, 2.45) is 10.8 Å². The van der Waals surface area contributed by atoms with Gasteiger partial charge < -0.3 is 10.1 Å². The first-order valence-electron chi connectivity index (χ1n) is 6.28. The van der Waals surface area contributed by atoms with Crippen LogP contribution in [0.3, 0.4) is 0 Å². The van der Waals surface area contributed by atoms with E-state index in [1.54, 1.807) is 7.11 Å². The third kappa shape index (κ3) is 3.13. The van der Waals surface area contributed by atoms with Crippen molar-refractivity contribution in [2.45, 2.75) is 31.7 Å². The maximum Gasteiger partial charge on any atom is 0.210 e. The van der Waals surface area contributed by atoms with E-state index in [1.807, 2.05) is 24.3 Å². The van der Waals surface area contributed by atoms with E-state index in [4.69, 9.17) is 10.6 Å². The molecule has 0 saturated heterocycles. The molecule has 0 unspecified atom stereocenters. The number of para-hydroxylation sites is 2. The molecule has 0 bridgehead atoms.